The maximum Gasteiger partial charge on any atom is 0.326 e. The maximum atomic E-state index is 12.9. The second-order valence-corrected chi connectivity index (χ2v) is 8.59. The fourth-order valence-corrected chi connectivity index (χ4v) is 4.54. The number of hydrogen-bond donors (Lipinski definition) is 1. The van der Waals surface area contributed by atoms with Crippen LogP contribution in [0.25, 0.3) is 22.1 Å². The van der Waals surface area contributed by atoms with E-state index in [2.05, 4.69) is 0 Å². The van der Waals surface area contributed by atoms with Crippen molar-refractivity contribution in [1.29, 1.82) is 0 Å². The SMILES string of the molecule is Cc1cc2cccc(-c3ccc(OCc4cccc(C(=O)N5CCC[C@H]5C(=O)O)c4)cc3)c2o1. The predicted molar refractivity (Wildman–Crippen MR) is 129 cm³/mol. The molecule has 0 unspecified atom stereocenters. The summed E-state index contributed by atoms with van der Waals surface area (Å²) >= 11 is 0. The van der Waals surface area contributed by atoms with Crippen LogP contribution in [-0.2, 0) is 11.4 Å². The third-order valence-corrected chi connectivity index (χ3v) is 6.21. The second-order valence-electron chi connectivity index (χ2n) is 8.59. The number of amides is 1. The first-order valence-electron chi connectivity index (χ1n) is 11.3. The van der Waals surface area contributed by atoms with Gasteiger partial charge in [-0.05, 0) is 61.2 Å². The van der Waals surface area contributed by atoms with E-state index in [1.54, 1.807) is 18.2 Å². The Morgan fingerprint density at radius 2 is 1.85 bits per heavy atom. The fourth-order valence-electron chi connectivity index (χ4n) is 4.54. The average molecular weight is 456 g/mol. The third-order valence-electron chi connectivity index (χ3n) is 6.21. The largest absolute Gasteiger partial charge is 0.489 e. The first-order valence-corrected chi connectivity index (χ1v) is 11.3. The lowest BCUT2D eigenvalue weighted by Gasteiger charge is -2.21. The van der Waals surface area contributed by atoms with Crippen molar-refractivity contribution in [2.75, 3.05) is 6.54 Å². The molecule has 0 radical (unpaired) electrons. The van der Waals surface area contributed by atoms with Gasteiger partial charge in [0.1, 0.15) is 29.7 Å². The summed E-state index contributed by atoms with van der Waals surface area (Å²) in [6, 6.07) is 22.4. The lowest BCUT2D eigenvalue weighted by molar-refractivity contribution is -0.141. The van der Waals surface area contributed by atoms with Gasteiger partial charge in [0.2, 0.25) is 0 Å². The quantitative estimate of drug-likeness (QED) is 0.405. The van der Waals surface area contributed by atoms with Gasteiger partial charge in [0.25, 0.3) is 5.91 Å². The normalized spacial score (nSPS) is 15.6. The molecule has 1 aliphatic heterocycles. The van der Waals surface area contributed by atoms with E-state index in [9.17, 15) is 14.7 Å². The fraction of sp³-hybridized carbons (Fsp3) is 0.214. The second kappa shape index (κ2) is 9.06. The summed E-state index contributed by atoms with van der Waals surface area (Å²) in [5.74, 6) is 0.394. The molecule has 172 valence electrons. The number of aliphatic carboxylic acids is 1. The van der Waals surface area contributed by atoms with Gasteiger partial charge in [-0.1, -0.05) is 42.5 Å². The van der Waals surface area contributed by atoms with Gasteiger partial charge >= 0.3 is 5.97 Å². The molecule has 0 bridgehead atoms. The van der Waals surface area contributed by atoms with Crippen LogP contribution in [-0.4, -0.2) is 34.5 Å². The molecule has 1 aliphatic rings. The minimum atomic E-state index is -0.952. The van der Waals surface area contributed by atoms with Crippen molar-refractivity contribution in [2.45, 2.75) is 32.4 Å². The van der Waals surface area contributed by atoms with Gasteiger partial charge in [-0.15, -0.1) is 0 Å². The van der Waals surface area contributed by atoms with Crippen LogP contribution in [0, 0.1) is 6.92 Å². The Morgan fingerprint density at radius 1 is 1.06 bits per heavy atom. The van der Waals surface area contributed by atoms with Crippen molar-refractivity contribution in [3.8, 4) is 16.9 Å². The van der Waals surface area contributed by atoms with Crippen molar-refractivity contribution in [2.24, 2.45) is 0 Å². The van der Waals surface area contributed by atoms with Crippen LogP contribution in [0.15, 0.2) is 77.2 Å². The average Bonchev–Trinajstić information content (AvgIpc) is 3.49. The van der Waals surface area contributed by atoms with Crippen LogP contribution in [0.4, 0.5) is 0 Å². The Labute approximate surface area is 197 Å². The number of para-hydroxylation sites is 1. The number of carbonyl (C=O) groups is 2. The standard InChI is InChI=1S/C28H25NO5/c1-18-15-21-6-3-8-24(26(21)34-18)20-10-12-23(13-11-20)33-17-19-5-2-7-22(16-19)27(30)29-14-4-9-25(29)28(31)32/h2-3,5-8,10-13,15-16,25H,4,9,14,17H2,1H3,(H,31,32)/t25-/m0/s1. The number of furan rings is 1. The summed E-state index contributed by atoms with van der Waals surface area (Å²) in [5, 5.41) is 10.4. The smallest absolute Gasteiger partial charge is 0.326 e. The summed E-state index contributed by atoms with van der Waals surface area (Å²) in [6.07, 6.45) is 1.20. The molecule has 0 spiro atoms. The molecular formula is C28H25NO5. The monoisotopic (exact) mass is 455 g/mol. The minimum absolute atomic E-state index is 0.251. The highest BCUT2D eigenvalue weighted by molar-refractivity contribution is 5.97. The van der Waals surface area contributed by atoms with Gasteiger partial charge in [-0.25, -0.2) is 4.79 Å². The molecule has 0 saturated carbocycles. The molecule has 2 heterocycles. The van der Waals surface area contributed by atoms with E-state index in [4.69, 9.17) is 9.15 Å². The van der Waals surface area contributed by atoms with E-state index in [0.717, 1.165) is 33.4 Å². The number of likely N-dealkylation sites (tertiary alicyclic amines) is 1. The van der Waals surface area contributed by atoms with E-state index in [-0.39, 0.29) is 5.91 Å². The first kappa shape index (κ1) is 21.8. The molecule has 6 heteroatoms. The van der Waals surface area contributed by atoms with E-state index in [1.807, 2.05) is 61.5 Å². The number of carbonyl (C=O) groups excluding carboxylic acids is 1. The number of ether oxygens (including phenoxy) is 1. The Bertz CT molecular complexity index is 1350. The summed E-state index contributed by atoms with van der Waals surface area (Å²) < 4.78 is 11.8. The number of aryl methyl sites for hydroxylation is 1. The van der Waals surface area contributed by atoms with Crippen molar-refractivity contribution in [3.63, 3.8) is 0 Å². The highest BCUT2D eigenvalue weighted by atomic mass is 16.5. The molecule has 1 fully saturated rings. The van der Waals surface area contributed by atoms with Crippen LogP contribution in [0.2, 0.25) is 0 Å². The summed E-state index contributed by atoms with van der Waals surface area (Å²) in [4.78, 5) is 25.8. The number of fused-ring (bicyclic) bond motifs is 1. The van der Waals surface area contributed by atoms with E-state index < -0.39 is 12.0 Å². The lowest BCUT2D eigenvalue weighted by atomic mass is 10.0. The molecule has 0 aliphatic carbocycles. The van der Waals surface area contributed by atoms with Crippen LogP contribution in [0.3, 0.4) is 0 Å². The van der Waals surface area contributed by atoms with E-state index >= 15 is 0 Å². The predicted octanol–water partition coefficient (Wildman–Crippen LogP) is 5.68. The number of carboxylic acid groups (broad SMARTS) is 1. The Morgan fingerprint density at radius 3 is 2.65 bits per heavy atom. The van der Waals surface area contributed by atoms with Gasteiger partial charge in [0.05, 0.1) is 0 Å². The third kappa shape index (κ3) is 4.27. The van der Waals surface area contributed by atoms with Crippen LogP contribution in [0.5, 0.6) is 5.75 Å². The van der Waals surface area contributed by atoms with Gasteiger partial charge in [0, 0.05) is 23.1 Å². The first-order chi connectivity index (χ1) is 16.5. The highest BCUT2D eigenvalue weighted by Gasteiger charge is 2.34. The number of hydrogen-bond acceptors (Lipinski definition) is 4. The summed E-state index contributed by atoms with van der Waals surface area (Å²) in [7, 11) is 0. The van der Waals surface area contributed by atoms with Gasteiger partial charge in [-0.2, -0.15) is 0 Å². The van der Waals surface area contributed by atoms with Crippen molar-refractivity contribution >= 4 is 22.8 Å². The van der Waals surface area contributed by atoms with Gasteiger partial charge in [0.15, 0.2) is 0 Å². The molecule has 6 nitrogen and oxygen atoms in total. The Balaban J connectivity index is 1.27. The van der Waals surface area contributed by atoms with Crippen LogP contribution < -0.4 is 4.74 Å². The zero-order valence-corrected chi connectivity index (χ0v) is 18.9. The van der Waals surface area contributed by atoms with Crippen LogP contribution in [0.1, 0.15) is 34.5 Å². The van der Waals surface area contributed by atoms with E-state index in [1.165, 1.54) is 4.90 Å². The molecule has 1 N–H and O–H groups in total. The van der Waals surface area contributed by atoms with Crippen LogP contribution >= 0.6 is 0 Å². The molecule has 4 aromatic rings. The minimum Gasteiger partial charge on any atom is -0.489 e. The number of benzene rings is 3. The van der Waals surface area contributed by atoms with Crippen molar-refractivity contribution in [1.82, 2.24) is 4.90 Å². The molecule has 5 rings (SSSR count). The zero-order valence-electron chi connectivity index (χ0n) is 18.9. The number of rotatable bonds is 6. The summed E-state index contributed by atoms with van der Waals surface area (Å²) in [6.45, 7) is 2.71. The van der Waals surface area contributed by atoms with E-state index in [0.29, 0.717) is 37.3 Å². The lowest BCUT2D eigenvalue weighted by Crippen LogP contribution is -2.40. The molecule has 1 atom stereocenters. The number of nitrogens with zero attached hydrogens (tertiary/aromatic N) is 1. The molecule has 34 heavy (non-hydrogen) atoms. The summed E-state index contributed by atoms with van der Waals surface area (Å²) in [5.41, 5.74) is 4.27. The molecule has 3 aromatic carbocycles. The Kier molecular flexibility index (Phi) is 5.80. The molecule has 1 amide bonds. The molecular weight excluding hydrogens is 430 g/mol. The molecule has 1 saturated heterocycles. The number of carboxylic acids is 1. The highest BCUT2D eigenvalue weighted by Crippen LogP contribution is 2.32. The maximum absolute atomic E-state index is 12.9. The topological polar surface area (TPSA) is 80.0 Å². The van der Waals surface area contributed by atoms with Crippen molar-refractivity contribution in [3.05, 3.63) is 89.7 Å². The van der Waals surface area contributed by atoms with Gasteiger partial charge in [-0.3, -0.25) is 4.79 Å². The zero-order chi connectivity index (χ0) is 23.7. The molecule has 1 aromatic heterocycles. The Hall–Kier alpha value is -4.06. The van der Waals surface area contributed by atoms with Crippen molar-refractivity contribution < 1.29 is 23.8 Å². The van der Waals surface area contributed by atoms with Gasteiger partial charge < -0.3 is 19.2 Å².